The normalized spacial score (nSPS) is 33.0. The Morgan fingerprint density at radius 3 is 2.12 bits per heavy atom. The zero-order chi connectivity index (χ0) is 31.3. The molecule has 0 radical (unpaired) electrons. The van der Waals surface area contributed by atoms with Crippen LogP contribution in [0.4, 0.5) is 0 Å². The number of aromatic hydroxyl groups is 4. The van der Waals surface area contributed by atoms with E-state index in [0.717, 1.165) is 24.3 Å². The van der Waals surface area contributed by atoms with Gasteiger partial charge in [0.1, 0.15) is 65.2 Å². The van der Waals surface area contributed by atoms with Crippen LogP contribution in [0.3, 0.4) is 0 Å². The quantitative estimate of drug-likeness (QED) is 0.140. The summed E-state index contributed by atoms with van der Waals surface area (Å²) in [4.78, 5) is 13.6. The van der Waals surface area contributed by atoms with E-state index in [1.807, 2.05) is 0 Å². The molecule has 16 nitrogen and oxygen atoms in total. The van der Waals surface area contributed by atoms with Gasteiger partial charge in [-0.1, -0.05) is 0 Å². The fraction of sp³-hybridized carbons (Fsp3) is 0.444. The van der Waals surface area contributed by atoms with Crippen molar-refractivity contribution >= 4 is 11.0 Å². The summed E-state index contributed by atoms with van der Waals surface area (Å²) in [5, 5.41) is 101. The van der Waals surface area contributed by atoms with Crippen molar-refractivity contribution in [3.8, 4) is 40.1 Å². The van der Waals surface area contributed by atoms with Crippen molar-refractivity contribution in [1.82, 2.24) is 0 Å². The molecule has 0 amide bonds. The minimum atomic E-state index is -1.97. The topological polar surface area (TPSA) is 269 Å². The molecule has 2 aliphatic rings. The Hall–Kier alpha value is -3.71. The van der Waals surface area contributed by atoms with Gasteiger partial charge in [0, 0.05) is 17.7 Å². The van der Waals surface area contributed by atoms with Crippen LogP contribution < -0.4 is 10.2 Å². The van der Waals surface area contributed by atoms with Gasteiger partial charge in [-0.3, -0.25) is 4.79 Å². The number of ether oxygens (including phenoxy) is 4. The van der Waals surface area contributed by atoms with Crippen LogP contribution in [0.2, 0.25) is 0 Å². The second-order valence-corrected chi connectivity index (χ2v) is 10.3. The second kappa shape index (κ2) is 11.8. The average Bonchev–Trinajstić information content (AvgIpc) is 2.96. The molecule has 0 aliphatic carbocycles. The smallest absolute Gasteiger partial charge is 0.239 e. The molecular weight excluding hydrogens is 580 g/mol. The first-order valence-corrected chi connectivity index (χ1v) is 13.0. The third-order valence-electron chi connectivity index (χ3n) is 7.29. The molecule has 2 aromatic carbocycles. The largest absolute Gasteiger partial charge is 0.508 e. The maximum absolute atomic E-state index is 13.6. The van der Waals surface area contributed by atoms with Gasteiger partial charge in [-0.2, -0.15) is 0 Å². The van der Waals surface area contributed by atoms with Crippen LogP contribution in [0, 0.1) is 0 Å². The Morgan fingerprint density at radius 1 is 0.744 bits per heavy atom. The van der Waals surface area contributed by atoms with Gasteiger partial charge in [0.15, 0.2) is 23.5 Å². The number of aliphatic hydroxyl groups excluding tert-OH is 6. The Morgan fingerprint density at radius 2 is 1.42 bits per heavy atom. The molecule has 16 heteroatoms. The van der Waals surface area contributed by atoms with Crippen LogP contribution in [0.1, 0.15) is 6.92 Å². The first kappa shape index (κ1) is 30.7. The Kier molecular flexibility index (Phi) is 8.41. The zero-order valence-electron chi connectivity index (χ0n) is 22.3. The van der Waals surface area contributed by atoms with Crippen LogP contribution in [0.5, 0.6) is 28.7 Å². The molecule has 43 heavy (non-hydrogen) atoms. The lowest BCUT2D eigenvalue weighted by Crippen LogP contribution is -2.61. The van der Waals surface area contributed by atoms with Crippen molar-refractivity contribution in [3.63, 3.8) is 0 Å². The summed E-state index contributed by atoms with van der Waals surface area (Å²) >= 11 is 0. The number of fused-ring (bicyclic) bond motifs is 1. The minimum Gasteiger partial charge on any atom is -0.508 e. The standard InChI is InChI=1S/C27H30O16/c1-8-17(32)20(35)22(37)26(40-8)39-7-15-18(33)21(36)23(38)27(42-15)43-25-19(34)16-13(31)5-10(28)6-14(16)41-24(25)9-2-3-11(29)12(30)4-9/h2-6,8,15,17-18,20-23,26-33,35-38H,7H2,1H3/t8-,15+,17+,18-,20-,21-,22-,23+,26-,27+/m1/s1. The molecule has 2 saturated heterocycles. The van der Waals surface area contributed by atoms with E-state index in [1.54, 1.807) is 0 Å². The molecule has 1 aromatic heterocycles. The minimum absolute atomic E-state index is 0.0313. The van der Waals surface area contributed by atoms with Crippen LogP contribution in [-0.4, -0.2) is 119 Å². The summed E-state index contributed by atoms with van der Waals surface area (Å²) in [5.41, 5.74) is -1.35. The number of phenolic OH excluding ortho intramolecular Hbond substituents is 4. The predicted octanol–water partition coefficient (Wildman–Crippen LogP) is -1.69. The van der Waals surface area contributed by atoms with E-state index in [9.17, 15) is 55.9 Å². The highest BCUT2D eigenvalue weighted by Crippen LogP contribution is 2.39. The molecule has 0 spiro atoms. The van der Waals surface area contributed by atoms with Gasteiger partial charge in [-0.05, 0) is 25.1 Å². The maximum Gasteiger partial charge on any atom is 0.239 e. The maximum atomic E-state index is 13.6. The first-order valence-electron chi connectivity index (χ1n) is 13.0. The fourth-order valence-electron chi connectivity index (χ4n) is 4.84. The van der Waals surface area contributed by atoms with E-state index in [1.165, 1.54) is 13.0 Å². The van der Waals surface area contributed by atoms with Crippen LogP contribution in [0.25, 0.3) is 22.3 Å². The average molecular weight is 611 g/mol. The Bertz CT molecular complexity index is 1540. The van der Waals surface area contributed by atoms with Gasteiger partial charge < -0.3 is 74.4 Å². The lowest BCUT2D eigenvalue weighted by Gasteiger charge is -2.42. The fourth-order valence-corrected chi connectivity index (χ4v) is 4.84. The van der Waals surface area contributed by atoms with Gasteiger partial charge in [0.2, 0.25) is 17.5 Å². The molecule has 10 atom stereocenters. The monoisotopic (exact) mass is 610 g/mol. The molecule has 10 N–H and O–H groups in total. The van der Waals surface area contributed by atoms with Crippen molar-refractivity contribution in [2.24, 2.45) is 0 Å². The van der Waals surface area contributed by atoms with Crippen LogP contribution in [0.15, 0.2) is 39.5 Å². The number of rotatable bonds is 6. The van der Waals surface area contributed by atoms with E-state index in [2.05, 4.69) is 0 Å². The lowest BCUT2D eigenvalue weighted by atomic mass is 9.98. The van der Waals surface area contributed by atoms with E-state index in [-0.39, 0.29) is 11.1 Å². The van der Waals surface area contributed by atoms with E-state index in [0.29, 0.717) is 0 Å². The summed E-state index contributed by atoms with van der Waals surface area (Å²) < 4.78 is 27.8. The van der Waals surface area contributed by atoms with Crippen molar-refractivity contribution in [3.05, 3.63) is 40.6 Å². The second-order valence-electron chi connectivity index (χ2n) is 10.3. The van der Waals surface area contributed by atoms with E-state index >= 15 is 0 Å². The Labute approximate surface area is 241 Å². The molecule has 2 fully saturated rings. The number of hydrogen-bond donors (Lipinski definition) is 10. The summed E-state index contributed by atoms with van der Waals surface area (Å²) in [6.07, 6.45) is -16.2. The molecule has 3 aromatic rings. The third-order valence-corrected chi connectivity index (χ3v) is 7.29. The van der Waals surface area contributed by atoms with Crippen molar-refractivity contribution in [1.29, 1.82) is 0 Å². The summed E-state index contributed by atoms with van der Waals surface area (Å²) in [7, 11) is 0. The molecular formula is C27H30O16. The molecule has 5 rings (SSSR count). The highest BCUT2D eigenvalue weighted by atomic mass is 16.7. The highest BCUT2D eigenvalue weighted by Gasteiger charge is 2.47. The van der Waals surface area contributed by atoms with Gasteiger partial charge in [0.05, 0.1) is 12.7 Å². The number of phenols is 4. The zero-order valence-corrected chi connectivity index (χ0v) is 22.3. The van der Waals surface area contributed by atoms with Crippen LogP contribution >= 0.6 is 0 Å². The highest BCUT2D eigenvalue weighted by molar-refractivity contribution is 5.88. The van der Waals surface area contributed by atoms with Gasteiger partial charge in [-0.25, -0.2) is 0 Å². The summed E-state index contributed by atoms with van der Waals surface area (Å²) in [5.74, 6) is -3.33. The summed E-state index contributed by atoms with van der Waals surface area (Å²) in [6.45, 7) is 0.818. The summed E-state index contributed by atoms with van der Waals surface area (Å²) in [6, 6.07) is 5.24. The molecule has 2 aliphatic heterocycles. The van der Waals surface area contributed by atoms with Crippen LogP contribution in [-0.2, 0) is 14.2 Å². The number of benzene rings is 2. The van der Waals surface area contributed by atoms with Gasteiger partial charge in [-0.15, -0.1) is 0 Å². The SMILES string of the molecule is C[C@H]1O[C@@H](OC[C@@H]2O[C@@H](Oc3c(-c4ccc(O)c(O)c4)oc4cc(O)cc(O)c4c3=O)[C@@H](O)[C@H](O)[C@@H]2O)[C@H](O)[C@H](O)[C@H]1O. The van der Waals surface area contributed by atoms with Crippen molar-refractivity contribution in [2.45, 2.75) is 68.3 Å². The number of aliphatic hydroxyl groups is 6. The van der Waals surface area contributed by atoms with Crippen molar-refractivity contribution < 1.29 is 74.4 Å². The van der Waals surface area contributed by atoms with E-state index < -0.39 is 113 Å². The number of hydrogen-bond acceptors (Lipinski definition) is 16. The molecule has 0 unspecified atom stereocenters. The Balaban J connectivity index is 1.48. The third kappa shape index (κ3) is 5.67. The molecule has 0 bridgehead atoms. The van der Waals surface area contributed by atoms with Crippen molar-refractivity contribution in [2.75, 3.05) is 6.61 Å². The van der Waals surface area contributed by atoms with Gasteiger partial charge >= 0.3 is 0 Å². The predicted molar refractivity (Wildman–Crippen MR) is 140 cm³/mol. The molecule has 234 valence electrons. The van der Waals surface area contributed by atoms with E-state index in [4.69, 9.17) is 23.4 Å². The molecule has 0 saturated carbocycles. The van der Waals surface area contributed by atoms with Gasteiger partial charge in [0.25, 0.3) is 0 Å². The first-order chi connectivity index (χ1) is 20.3. The lowest BCUT2D eigenvalue weighted by molar-refractivity contribution is -0.318. The molecule has 3 heterocycles.